The van der Waals surface area contributed by atoms with Gasteiger partial charge in [-0.1, -0.05) is 25.1 Å². The van der Waals surface area contributed by atoms with E-state index in [2.05, 4.69) is 4.98 Å². The topological polar surface area (TPSA) is 83.6 Å². The van der Waals surface area contributed by atoms with Crippen LogP contribution in [0.1, 0.15) is 31.2 Å². The number of carboxylic acids is 1. The van der Waals surface area contributed by atoms with Crippen molar-refractivity contribution in [1.82, 2.24) is 9.88 Å². The zero-order chi connectivity index (χ0) is 18.0. The van der Waals surface area contributed by atoms with Crippen LogP contribution in [0.4, 0.5) is 0 Å². The van der Waals surface area contributed by atoms with E-state index in [9.17, 15) is 9.59 Å². The maximum Gasteiger partial charge on any atom is 0.308 e. The van der Waals surface area contributed by atoms with Crippen molar-refractivity contribution in [2.75, 3.05) is 6.54 Å². The molecule has 0 spiro atoms. The first kappa shape index (κ1) is 17.2. The van der Waals surface area contributed by atoms with Crippen LogP contribution in [0.5, 0.6) is 0 Å². The lowest BCUT2D eigenvalue weighted by atomic mass is 10.1. The Kier molecular flexibility index (Phi) is 4.88. The smallest absolute Gasteiger partial charge is 0.308 e. The molecule has 3 rings (SSSR count). The Labute approximate surface area is 146 Å². The lowest BCUT2D eigenvalue weighted by Crippen LogP contribution is -2.39. The molecule has 0 aliphatic heterocycles. The molecule has 1 atom stereocenters. The first-order valence-corrected chi connectivity index (χ1v) is 8.49. The van der Waals surface area contributed by atoms with E-state index in [0.29, 0.717) is 17.3 Å². The van der Waals surface area contributed by atoms with Crippen molar-refractivity contribution in [1.29, 1.82) is 0 Å². The van der Waals surface area contributed by atoms with E-state index in [4.69, 9.17) is 9.52 Å². The third-order valence-electron chi connectivity index (χ3n) is 4.43. The second-order valence-electron chi connectivity index (χ2n) is 6.58. The number of hydrogen-bond acceptors (Lipinski definition) is 4. The number of nitrogens with zero attached hydrogens (tertiary/aromatic N) is 2. The number of rotatable bonds is 7. The van der Waals surface area contributed by atoms with Gasteiger partial charge in [-0.2, -0.15) is 0 Å². The van der Waals surface area contributed by atoms with Crippen LogP contribution in [-0.4, -0.2) is 39.5 Å². The van der Waals surface area contributed by atoms with Gasteiger partial charge in [0.05, 0.1) is 18.0 Å². The minimum absolute atomic E-state index is 0.0911. The standard InChI is InChI=1S/C19H22N2O4/c1-12(19(23)24)11-21(15-8-9-15)17(22)10-16-13(2)25-18(20-16)14-6-4-3-5-7-14/h3-7,12,15H,8-11H2,1-2H3,(H,23,24). The first-order valence-electron chi connectivity index (χ1n) is 8.49. The van der Waals surface area contributed by atoms with E-state index in [-0.39, 0.29) is 24.9 Å². The number of carbonyl (C=O) groups excluding carboxylic acids is 1. The van der Waals surface area contributed by atoms with E-state index in [1.807, 2.05) is 30.3 Å². The molecule has 25 heavy (non-hydrogen) atoms. The van der Waals surface area contributed by atoms with Crippen LogP contribution in [0.25, 0.3) is 11.5 Å². The molecule has 1 fully saturated rings. The molecule has 1 saturated carbocycles. The van der Waals surface area contributed by atoms with Crippen LogP contribution in [0.2, 0.25) is 0 Å². The van der Waals surface area contributed by atoms with Crippen LogP contribution in [0, 0.1) is 12.8 Å². The highest BCUT2D eigenvalue weighted by Crippen LogP contribution is 2.29. The van der Waals surface area contributed by atoms with Gasteiger partial charge in [0.25, 0.3) is 0 Å². The molecule has 0 radical (unpaired) electrons. The molecule has 1 aromatic heterocycles. The van der Waals surface area contributed by atoms with Gasteiger partial charge in [0, 0.05) is 18.2 Å². The second kappa shape index (κ2) is 7.09. The number of aliphatic carboxylic acids is 1. The summed E-state index contributed by atoms with van der Waals surface area (Å²) in [5.74, 6) is -0.441. The van der Waals surface area contributed by atoms with Crippen LogP contribution in [0.3, 0.4) is 0 Å². The molecular formula is C19H22N2O4. The summed E-state index contributed by atoms with van der Waals surface area (Å²) < 4.78 is 5.70. The Hall–Kier alpha value is -2.63. The number of aromatic nitrogens is 1. The normalized spacial score (nSPS) is 15.0. The molecule has 1 heterocycles. The number of amides is 1. The van der Waals surface area contributed by atoms with Crippen molar-refractivity contribution < 1.29 is 19.1 Å². The van der Waals surface area contributed by atoms with Gasteiger partial charge < -0.3 is 14.4 Å². The quantitative estimate of drug-likeness (QED) is 0.836. The fourth-order valence-electron chi connectivity index (χ4n) is 2.75. The molecule has 0 saturated heterocycles. The van der Waals surface area contributed by atoms with Crippen LogP contribution >= 0.6 is 0 Å². The maximum atomic E-state index is 12.7. The fraction of sp³-hybridized carbons (Fsp3) is 0.421. The zero-order valence-corrected chi connectivity index (χ0v) is 14.4. The molecule has 1 aliphatic rings. The molecular weight excluding hydrogens is 320 g/mol. The fourth-order valence-corrected chi connectivity index (χ4v) is 2.75. The van der Waals surface area contributed by atoms with Crippen LogP contribution in [0.15, 0.2) is 34.7 Å². The summed E-state index contributed by atoms with van der Waals surface area (Å²) in [5, 5.41) is 9.11. The van der Waals surface area contributed by atoms with Crippen LogP contribution in [-0.2, 0) is 16.0 Å². The van der Waals surface area contributed by atoms with E-state index in [0.717, 1.165) is 18.4 Å². The highest BCUT2D eigenvalue weighted by Gasteiger charge is 2.34. The minimum atomic E-state index is -0.887. The number of carboxylic acid groups (broad SMARTS) is 1. The van der Waals surface area contributed by atoms with Crippen molar-refractivity contribution in [3.05, 3.63) is 41.8 Å². The third kappa shape index (κ3) is 4.07. The first-order chi connectivity index (χ1) is 12.0. The molecule has 1 aromatic carbocycles. The van der Waals surface area contributed by atoms with Crippen molar-refractivity contribution in [2.45, 2.75) is 39.2 Å². The summed E-state index contributed by atoms with van der Waals surface area (Å²) in [4.78, 5) is 30.0. The van der Waals surface area contributed by atoms with E-state index >= 15 is 0 Å². The van der Waals surface area contributed by atoms with Gasteiger partial charge in [-0.05, 0) is 31.9 Å². The molecule has 1 unspecified atom stereocenters. The lowest BCUT2D eigenvalue weighted by Gasteiger charge is -2.24. The molecule has 6 heteroatoms. The summed E-state index contributed by atoms with van der Waals surface area (Å²) in [6.07, 6.45) is 2.00. The van der Waals surface area contributed by atoms with E-state index < -0.39 is 11.9 Å². The summed E-state index contributed by atoms with van der Waals surface area (Å²) in [6.45, 7) is 3.66. The number of hydrogen-bond donors (Lipinski definition) is 1. The summed E-state index contributed by atoms with van der Waals surface area (Å²) in [6, 6.07) is 9.70. The molecule has 2 aromatic rings. The predicted molar refractivity (Wildman–Crippen MR) is 91.9 cm³/mol. The Morgan fingerprint density at radius 2 is 2.00 bits per heavy atom. The van der Waals surface area contributed by atoms with Gasteiger partial charge in [-0.15, -0.1) is 0 Å². The highest BCUT2D eigenvalue weighted by atomic mass is 16.4. The maximum absolute atomic E-state index is 12.7. The molecule has 1 amide bonds. The van der Waals surface area contributed by atoms with Gasteiger partial charge in [0.1, 0.15) is 5.76 Å². The Bertz CT molecular complexity index is 765. The van der Waals surface area contributed by atoms with E-state index in [1.165, 1.54) is 0 Å². The van der Waals surface area contributed by atoms with Crippen molar-refractivity contribution in [3.63, 3.8) is 0 Å². The van der Waals surface area contributed by atoms with Gasteiger partial charge >= 0.3 is 5.97 Å². The monoisotopic (exact) mass is 342 g/mol. The largest absolute Gasteiger partial charge is 0.481 e. The Balaban J connectivity index is 1.73. The van der Waals surface area contributed by atoms with E-state index in [1.54, 1.807) is 18.7 Å². The number of carbonyl (C=O) groups is 2. The Morgan fingerprint density at radius 1 is 1.32 bits per heavy atom. The molecule has 132 valence electrons. The van der Waals surface area contributed by atoms with Gasteiger partial charge in [0.15, 0.2) is 0 Å². The zero-order valence-electron chi connectivity index (χ0n) is 14.4. The number of benzene rings is 1. The SMILES string of the molecule is Cc1oc(-c2ccccc2)nc1CC(=O)N(CC(C)C(=O)O)C1CC1. The molecule has 6 nitrogen and oxygen atoms in total. The second-order valence-corrected chi connectivity index (χ2v) is 6.58. The minimum Gasteiger partial charge on any atom is -0.481 e. The van der Waals surface area contributed by atoms with Crippen LogP contribution < -0.4 is 0 Å². The van der Waals surface area contributed by atoms with Crippen molar-refractivity contribution in [3.8, 4) is 11.5 Å². The summed E-state index contributed by atoms with van der Waals surface area (Å²) in [5.41, 5.74) is 1.47. The van der Waals surface area contributed by atoms with Crippen molar-refractivity contribution >= 4 is 11.9 Å². The molecule has 1 N–H and O–H groups in total. The number of aryl methyl sites for hydroxylation is 1. The van der Waals surface area contributed by atoms with Gasteiger partial charge in [-0.25, -0.2) is 4.98 Å². The average molecular weight is 342 g/mol. The van der Waals surface area contributed by atoms with Gasteiger partial charge in [0.2, 0.25) is 11.8 Å². The Morgan fingerprint density at radius 3 is 2.60 bits per heavy atom. The molecule has 1 aliphatic carbocycles. The summed E-state index contributed by atoms with van der Waals surface area (Å²) in [7, 11) is 0. The third-order valence-corrected chi connectivity index (χ3v) is 4.43. The summed E-state index contributed by atoms with van der Waals surface area (Å²) >= 11 is 0. The van der Waals surface area contributed by atoms with Gasteiger partial charge in [-0.3, -0.25) is 9.59 Å². The lowest BCUT2D eigenvalue weighted by molar-refractivity contribution is -0.143. The highest BCUT2D eigenvalue weighted by molar-refractivity contribution is 5.80. The predicted octanol–water partition coefficient (Wildman–Crippen LogP) is 2.90. The number of oxazole rings is 1. The molecule has 0 bridgehead atoms. The van der Waals surface area contributed by atoms with Crippen molar-refractivity contribution in [2.24, 2.45) is 5.92 Å². The average Bonchev–Trinajstić information content (AvgIpc) is 3.37.